The van der Waals surface area contributed by atoms with E-state index in [9.17, 15) is 9.59 Å². The lowest BCUT2D eigenvalue weighted by molar-refractivity contribution is -0.149. The first-order valence-corrected chi connectivity index (χ1v) is 10.1. The van der Waals surface area contributed by atoms with Gasteiger partial charge in [0.1, 0.15) is 0 Å². The molecule has 1 aliphatic rings. The zero-order valence-electron chi connectivity index (χ0n) is 16.8. The Morgan fingerprint density at radius 2 is 1.87 bits per heavy atom. The molecule has 1 saturated heterocycles. The molecule has 1 atom stereocenters. The number of esters is 1. The summed E-state index contributed by atoms with van der Waals surface area (Å²) < 4.78 is 10.5. The average molecular weight is 405 g/mol. The number of piperidine rings is 1. The van der Waals surface area contributed by atoms with E-state index in [0.717, 1.165) is 24.0 Å². The van der Waals surface area contributed by atoms with Gasteiger partial charge in [0.2, 0.25) is 5.82 Å². The Kier molecular flexibility index (Phi) is 5.88. The van der Waals surface area contributed by atoms with Crippen LogP contribution >= 0.6 is 0 Å². The molecule has 0 radical (unpaired) electrons. The Bertz CT molecular complexity index is 1010. The van der Waals surface area contributed by atoms with Crippen LogP contribution in [0.15, 0.2) is 59.1 Å². The van der Waals surface area contributed by atoms with Crippen LogP contribution in [0.2, 0.25) is 0 Å². The second kappa shape index (κ2) is 8.90. The number of carbonyl (C=O) groups excluding carboxylic acids is 2. The van der Waals surface area contributed by atoms with Crippen molar-refractivity contribution in [3.8, 4) is 22.8 Å². The van der Waals surface area contributed by atoms with Gasteiger partial charge < -0.3 is 14.2 Å². The van der Waals surface area contributed by atoms with Gasteiger partial charge in [-0.05, 0) is 44.0 Å². The largest absolute Gasteiger partial charge is 0.466 e. The molecule has 0 N–H and O–H groups in total. The summed E-state index contributed by atoms with van der Waals surface area (Å²) in [6, 6.07) is 16.7. The summed E-state index contributed by atoms with van der Waals surface area (Å²) in [4.78, 5) is 31.1. The number of nitrogens with zero attached hydrogens (tertiary/aromatic N) is 3. The van der Waals surface area contributed by atoms with Crippen LogP contribution < -0.4 is 0 Å². The first-order chi connectivity index (χ1) is 14.7. The van der Waals surface area contributed by atoms with Crippen molar-refractivity contribution >= 4 is 11.9 Å². The molecular weight excluding hydrogens is 382 g/mol. The number of benzene rings is 2. The highest BCUT2D eigenvalue weighted by Crippen LogP contribution is 2.24. The van der Waals surface area contributed by atoms with Crippen LogP contribution in [0.4, 0.5) is 0 Å². The molecule has 0 unspecified atom stereocenters. The molecule has 30 heavy (non-hydrogen) atoms. The van der Waals surface area contributed by atoms with Crippen LogP contribution in [0.1, 0.15) is 30.1 Å². The molecule has 0 bridgehead atoms. The van der Waals surface area contributed by atoms with Gasteiger partial charge in [-0.2, -0.15) is 4.98 Å². The molecule has 0 aliphatic carbocycles. The van der Waals surface area contributed by atoms with Crippen molar-refractivity contribution in [2.24, 2.45) is 5.92 Å². The minimum Gasteiger partial charge on any atom is -0.466 e. The van der Waals surface area contributed by atoms with E-state index >= 15 is 0 Å². The third-order valence-electron chi connectivity index (χ3n) is 5.17. The zero-order chi connectivity index (χ0) is 20.9. The Morgan fingerprint density at radius 1 is 1.10 bits per heavy atom. The highest BCUT2D eigenvalue weighted by atomic mass is 16.5. The molecule has 1 aromatic heterocycles. The predicted octanol–water partition coefficient (Wildman–Crippen LogP) is 3.82. The topological polar surface area (TPSA) is 85.5 Å². The summed E-state index contributed by atoms with van der Waals surface area (Å²) in [5, 5.41) is 4.03. The summed E-state index contributed by atoms with van der Waals surface area (Å²) in [7, 11) is 0. The van der Waals surface area contributed by atoms with Crippen LogP contribution in [0, 0.1) is 5.92 Å². The Balaban J connectivity index is 1.45. The van der Waals surface area contributed by atoms with Crippen molar-refractivity contribution in [3.63, 3.8) is 0 Å². The highest BCUT2D eigenvalue weighted by molar-refractivity contribution is 5.95. The Morgan fingerprint density at radius 3 is 2.60 bits per heavy atom. The average Bonchev–Trinajstić information content (AvgIpc) is 3.30. The van der Waals surface area contributed by atoms with Crippen molar-refractivity contribution in [3.05, 3.63) is 60.2 Å². The first-order valence-electron chi connectivity index (χ1n) is 10.1. The lowest BCUT2D eigenvalue weighted by atomic mass is 9.97. The predicted molar refractivity (Wildman–Crippen MR) is 110 cm³/mol. The molecule has 4 rings (SSSR count). The summed E-state index contributed by atoms with van der Waals surface area (Å²) in [5.74, 6) is 0.344. The lowest BCUT2D eigenvalue weighted by Gasteiger charge is -2.31. The maximum absolute atomic E-state index is 12.9. The van der Waals surface area contributed by atoms with Gasteiger partial charge in [-0.1, -0.05) is 35.5 Å². The van der Waals surface area contributed by atoms with Crippen LogP contribution in [0.25, 0.3) is 22.8 Å². The molecule has 7 heteroatoms. The summed E-state index contributed by atoms with van der Waals surface area (Å²) in [5.41, 5.74) is 2.18. The number of carbonyl (C=O) groups is 2. The molecule has 1 amide bonds. The molecule has 154 valence electrons. The number of aromatic nitrogens is 2. The van der Waals surface area contributed by atoms with Crippen LogP contribution in [0.5, 0.6) is 0 Å². The van der Waals surface area contributed by atoms with Crippen LogP contribution in [-0.2, 0) is 9.53 Å². The van der Waals surface area contributed by atoms with E-state index in [1.54, 1.807) is 36.1 Å². The fraction of sp³-hybridized carbons (Fsp3) is 0.304. The van der Waals surface area contributed by atoms with Gasteiger partial charge in [-0.3, -0.25) is 9.59 Å². The van der Waals surface area contributed by atoms with Gasteiger partial charge in [0.15, 0.2) is 0 Å². The van der Waals surface area contributed by atoms with Gasteiger partial charge in [0.25, 0.3) is 11.8 Å². The van der Waals surface area contributed by atoms with Gasteiger partial charge in [-0.25, -0.2) is 0 Å². The van der Waals surface area contributed by atoms with Gasteiger partial charge in [-0.15, -0.1) is 0 Å². The monoisotopic (exact) mass is 405 g/mol. The normalized spacial score (nSPS) is 16.3. The molecule has 0 saturated carbocycles. The van der Waals surface area contributed by atoms with Crippen molar-refractivity contribution in [2.75, 3.05) is 19.7 Å². The molecule has 2 aromatic carbocycles. The number of rotatable bonds is 5. The summed E-state index contributed by atoms with van der Waals surface area (Å²) >= 11 is 0. The molecule has 0 spiro atoms. The highest BCUT2D eigenvalue weighted by Gasteiger charge is 2.29. The number of hydrogen-bond acceptors (Lipinski definition) is 6. The van der Waals surface area contributed by atoms with Crippen LogP contribution in [0.3, 0.4) is 0 Å². The quantitative estimate of drug-likeness (QED) is 0.600. The third kappa shape index (κ3) is 4.25. The maximum Gasteiger partial charge on any atom is 0.310 e. The van der Waals surface area contributed by atoms with E-state index in [4.69, 9.17) is 9.26 Å². The van der Waals surface area contributed by atoms with Crippen molar-refractivity contribution in [1.29, 1.82) is 0 Å². The standard InChI is InChI=1S/C23H23N3O4/c1-2-29-23(28)19-9-6-14-26(15-19)22(27)18-12-10-17(11-13-18)21-24-20(25-30-21)16-7-4-3-5-8-16/h3-5,7-8,10-13,19H,2,6,9,14-15H2,1H3/t19-/m0/s1. The van der Waals surface area contributed by atoms with Gasteiger partial charge >= 0.3 is 5.97 Å². The van der Waals surface area contributed by atoms with E-state index in [2.05, 4.69) is 10.1 Å². The minimum atomic E-state index is -0.253. The van der Waals surface area contributed by atoms with E-state index < -0.39 is 0 Å². The molecular formula is C23H23N3O4. The van der Waals surface area contributed by atoms with E-state index in [1.165, 1.54) is 0 Å². The van der Waals surface area contributed by atoms with E-state index in [-0.39, 0.29) is 17.8 Å². The van der Waals surface area contributed by atoms with E-state index in [0.29, 0.717) is 37.0 Å². The Hall–Kier alpha value is -3.48. The number of likely N-dealkylation sites (tertiary alicyclic amines) is 1. The Labute approximate surface area is 174 Å². The smallest absolute Gasteiger partial charge is 0.310 e. The van der Waals surface area contributed by atoms with Crippen molar-refractivity contribution < 1.29 is 18.8 Å². The molecule has 7 nitrogen and oxygen atoms in total. The molecule has 3 aromatic rings. The summed E-state index contributed by atoms with van der Waals surface area (Å²) in [6.07, 6.45) is 1.54. The fourth-order valence-electron chi connectivity index (χ4n) is 3.60. The fourth-order valence-corrected chi connectivity index (χ4v) is 3.60. The first kappa shape index (κ1) is 19.8. The number of amides is 1. The van der Waals surface area contributed by atoms with Crippen molar-refractivity contribution in [2.45, 2.75) is 19.8 Å². The molecule has 1 fully saturated rings. The SMILES string of the molecule is CCOC(=O)[C@H]1CCCN(C(=O)c2ccc(-c3nc(-c4ccccc4)no3)cc2)C1. The van der Waals surface area contributed by atoms with Gasteiger partial charge in [0, 0.05) is 29.8 Å². The third-order valence-corrected chi connectivity index (χ3v) is 5.17. The summed E-state index contributed by atoms with van der Waals surface area (Å²) in [6.45, 7) is 3.17. The van der Waals surface area contributed by atoms with Crippen LogP contribution in [-0.4, -0.2) is 46.6 Å². The van der Waals surface area contributed by atoms with E-state index in [1.807, 2.05) is 30.3 Å². The number of ether oxygens (including phenoxy) is 1. The lowest BCUT2D eigenvalue weighted by Crippen LogP contribution is -2.42. The molecule has 2 heterocycles. The zero-order valence-corrected chi connectivity index (χ0v) is 16.8. The molecule has 1 aliphatic heterocycles. The van der Waals surface area contributed by atoms with Gasteiger partial charge in [0.05, 0.1) is 12.5 Å². The maximum atomic E-state index is 12.9. The number of hydrogen-bond donors (Lipinski definition) is 0. The second-order valence-corrected chi connectivity index (χ2v) is 7.21. The van der Waals surface area contributed by atoms with Crippen molar-refractivity contribution in [1.82, 2.24) is 15.0 Å². The minimum absolute atomic E-state index is 0.0916. The second-order valence-electron chi connectivity index (χ2n) is 7.21.